The predicted molar refractivity (Wildman–Crippen MR) is 107 cm³/mol. The van der Waals surface area contributed by atoms with Gasteiger partial charge < -0.3 is 5.32 Å². The lowest BCUT2D eigenvalue weighted by Crippen LogP contribution is -2.35. The van der Waals surface area contributed by atoms with Gasteiger partial charge in [-0.05, 0) is 87.0 Å². The maximum Gasteiger partial charge on any atom is 0.0354 e. The van der Waals surface area contributed by atoms with Gasteiger partial charge in [0, 0.05) is 6.04 Å². The van der Waals surface area contributed by atoms with Gasteiger partial charge in [-0.1, -0.05) is 48.9 Å². The molecule has 2 aliphatic heterocycles. The smallest absolute Gasteiger partial charge is 0.0354 e. The molecule has 0 radical (unpaired) electrons. The zero-order chi connectivity index (χ0) is 16.9. The predicted octanol–water partition coefficient (Wildman–Crippen LogP) is 5.15. The van der Waals surface area contributed by atoms with Crippen molar-refractivity contribution in [3.05, 3.63) is 48.0 Å². The molecule has 0 saturated carbocycles. The average Bonchev–Trinajstić information content (AvgIpc) is 2.69. The minimum atomic E-state index is 0.615. The quantitative estimate of drug-likeness (QED) is 0.812. The van der Waals surface area contributed by atoms with E-state index in [9.17, 15) is 0 Å². The van der Waals surface area contributed by atoms with Crippen molar-refractivity contribution in [3.63, 3.8) is 0 Å². The van der Waals surface area contributed by atoms with Crippen molar-refractivity contribution >= 4 is 10.8 Å². The molecule has 0 aliphatic carbocycles. The number of hydrogen-bond acceptors (Lipinski definition) is 2. The summed E-state index contributed by atoms with van der Waals surface area (Å²) in [7, 11) is 0. The van der Waals surface area contributed by atoms with Crippen LogP contribution in [0.5, 0.6) is 0 Å². The van der Waals surface area contributed by atoms with Crippen molar-refractivity contribution in [1.82, 2.24) is 10.2 Å². The molecule has 2 heteroatoms. The van der Waals surface area contributed by atoms with Crippen molar-refractivity contribution in [1.29, 1.82) is 0 Å². The second-order valence-electron chi connectivity index (χ2n) is 7.97. The summed E-state index contributed by atoms with van der Waals surface area (Å²) in [5.41, 5.74) is 1.55. The Morgan fingerprint density at radius 2 is 1.88 bits per heavy atom. The van der Waals surface area contributed by atoms with E-state index in [1.165, 1.54) is 81.9 Å². The lowest BCUT2D eigenvalue weighted by molar-refractivity contribution is 0.143. The number of benzene rings is 2. The molecule has 0 amide bonds. The molecule has 2 heterocycles. The van der Waals surface area contributed by atoms with E-state index in [0.29, 0.717) is 6.04 Å². The Labute approximate surface area is 152 Å². The second kappa shape index (κ2) is 8.33. The van der Waals surface area contributed by atoms with Gasteiger partial charge in [-0.3, -0.25) is 4.90 Å². The Hall–Kier alpha value is -1.38. The van der Waals surface area contributed by atoms with Crippen LogP contribution in [0.25, 0.3) is 10.8 Å². The Balaban J connectivity index is 1.45. The first-order valence-corrected chi connectivity index (χ1v) is 10.3. The Bertz CT molecular complexity index is 669. The van der Waals surface area contributed by atoms with Crippen molar-refractivity contribution in [2.75, 3.05) is 26.2 Å². The van der Waals surface area contributed by atoms with Crippen LogP contribution in [0.15, 0.2) is 42.5 Å². The highest BCUT2D eigenvalue weighted by Gasteiger charge is 2.25. The van der Waals surface area contributed by atoms with Crippen LogP contribution in [-0.2, 0) is 0 Å². The molecule has 0 aromatic heterocycles. The summed E-state index contributed by atoms with van der Waals surface area (Å²) >= 11 is 0. The molecule has 2 aromatic carbocycles. The van der Waals surface area contributed by atoms with E-state index < -0.39 is 0 Å². The zero-order valence-electron chi connectivity index (χ0n) is 15.4. The van der Waals surface area contributed by atoms with Crippen LogP contribution in [0.3, 0.4) is 0 Å². The highest BCUT2D eigenvalue weighted by atomic mass is 15.2. The van der Waals surface area contributed by atoms with E-state index in [4.69, 9.17) is 0 Å². The molecular weight excluding hydrogens is 304 g/mol. The van der Waals surface area contributed by atoms with Gasteiger partial charge >= 0.3 is 0 Å². The van der Waals surface area contributed by atoms with Gasteiger partial charge in [-0.25, -0.2) is 0 Å². The van der Waals surface area contributed by atoms with Crippen LogP contribution < -0.4 is 5.32 Å². The number of rotatable bonds is 5. The summed E-state index contributed by atoms with van der Waals surface area (Å²) in [6, 6.07) is 16.4. The van der Waals surface area contributed by atoms with Crippen LogP contribution in [0.4, 0.5) is 0 Å². The third-order valence-electron chi connectivity index (χ3n) is 6.25. The Morgan fingerprint density at radius 1 is 0.960 bits per heavy atom. The van der Waals surface area contributed by atoms with Crippen LogP contribution in [0.2, 0.25) is 0 Å². The molecule has 0 bridgehead atoms. The lowest BCUT2D eigenvalue weighted by atomic mass is 9.90. The maximum absolute atomic E-state index is 3.56. The van der Waals surface area contributed by atoms with Crippen molar-refractivity contribution in [3.8, 4) is 0 Å². The average molecular weight is 337 g/mol. The summed E-state index contributed by atoms with van der Waals surface area (Å²) in [4.78, 5) is 2.78. The SMILES string of the molecule is c1ccc2c(C3CCCCN3CCCC3CCCNC3)cccc2c1. The number of likely N-dealkylation sites (tertiary alicyclic amines) is 1. The number of hydrogen-bond donors (Lipinski definition) is 1. The fraction of sp³-hybridized carbons (Fsp3) is 0.565. The highest BCUT2D eigenvalue weighted by Crippen LogP contribution is 2.35. The van der Waals surface area contributed by atoms with Crippen LogP contribution in [0, 0.1) is 5.92 Å². The molecule has 134 valence electrons. The monoisotopic (exact) mass is 336 g/mol. The van der Waals surface area contributed by atoms with E-state index in [2.05, 4.69) is 52.7 Å². The minimum absolute atomic E-state index is 0.615. The first kappa shape index (κ1) is 17.1. The second-order valence-corrected chi connectivity index (χ2v) is 7.97. The molecule has 2 fully saturated rings. The van der Waals surface area contributed by atoms with E-state index >= 15 is 0 Å². The molecule has 2 unspecified atom stereocenters. The molecule has 25 heavy (non-hydrogen) atoms. The lowest BCUT2D eigenvalue weighted by Gasteiger charge is -2.37. The summed E-state index contributed by atoms with van der Waals surface area (Å²) in [6.07, 6.45) is 9.61. The van der Waals surface area contributed by atoms with Crippen molar-refractivity contribution in [2.45, 2.75) is 51.0 Å². The van der Waals surface area contributed by atoms with Crippen molar-refractivity contribution < 1.29 is 0 Å². The van der Waals surface area contributed by atoms with E-state index in [-0.39, 0.29) is 0 Å². The Kier molecular flexibility index (Phi) is 5.68. The van der Waals surface area contributed by atoms with Gasteiger partial charge in [0.05, 0.1) is 0 Å². The molecule has 0 spiro atoms. The van der Waals surface area contributed by atoms with E-state index in [1.807, 2.05) is 0 Å². The minimum Gasteiger partial charge on any atom is -0.316 e. The van der Waals surface area contributed by atoms with Gasteiger partial charge in [0.1, 0.15) is 0 Å². The van der Waals surface area contributed by atoms with Crippen molar-refractivity contribution in [2.24, 2.45) is 5.92 Å². The molecular formula is C23H32N2. The molecule has 2 aliphatic rings. The standard InChI is InChI=1S/C23H32N2/c1-2-12-21-20(10-1)11-5-13-22(21)23-14-3-4-16-25(23)17-7-9-19-8-6-15-24-18-19/h1-2,5,10-13,19,23-24H,3-4,6-9,14-18H2. The molecule has 2 atom stereocenters. The van der Waals surface area contributed by atoms with Crippen LogP contribution >= 0.6 is 0 Å². The van der Waals surface area contributed by atoms with E-state index in [1.54, 1.807) is 5.56 Å². The number of fused-ring (bicyclic) bond motifs is 1. The van der Waals surface area contributed by atoms with Gasteiger partial charge in [0.25, 0.3) is 0 Å². The molecule has 2 aromatic rings. The zero-order valence-corrected chi connectivity index (χ0v) is 15.4. The summed E-state index contributed by atoms with van der Waals surface area (Å²) in [6.45, 7) is 5.01. The molecule has 1 N–H and O–H groups in total. The highest BCUT2D eigenvalue weighted by molar-refractivity contribution is 5.86. The largest absolute Gasteiger partial charge is 0.316 e. The topological polar surface area (TPSA) is 15.3 Å². The van der Waals surface area contributed by atoms with Gasteiger partial charge in [-0.2, -0.15) is 0 Å². The summed E-state index contributed by atoms with van der Waals surface area (Å²) < 4.78 is 0. The summed E-state index contributed by atoms with van der Waals surface area (Å²) in [5.74, 6) is 0.912. The third kappa shape index (κ3) is 4.07. The summed E-state index contributed by atoms with van der Waals surface area (Å²) in [5, 5.41) is 6.41. The van der Waals surface area contributed by atoms with Gasteiger partial charge in [0.15, 0.2) is 0 Å². The normalized spacial score (nSPS) is 25.3. The van der Waals surface area contributed by atoms with Gasteiger partial charge in [-0.15, -0.1) is 0 Å². The maximum atomic E-state index is 3.56. The number of nitrogens with zero attached hydrogens (tertiary/aromatic N) is 1. The Morgan fingerprint density at radius 3 is 2.80 bits per heavy atom. The molecule has 2 nitrogen and oxygen atoms in total. The fourth-order valence-electron chi connectivity index (χ4n) is 4.91. The first-order valence-electron chi connectivity index (χ1n) is 10.3. The van der Waals surface area contributed by atoms with Crippen LogP contribution in [-0.4, -0.2) is 31.1 Å². The number of piperidine rings is 2. The first-order chi connectivity index (χ1) is 12.4. The molecule has 4 rings (SSSR count). The fourth-order valence-corrected chi connectivity index (χ4v) is 4.91. The molecule has 2 saturated heterocycles. The van der Waals surface area contributed by atoms with Gasteiger partial charge in [0.2, 0.25) is 0 Å². The number of nitrogens with one attached hydrogen (secondary N) is 1. The van der Waals surface area contributed by atoms with Crippen LogP contribution in [0.1, 0.15) is 56.6 Å². The van der Waals surface area contributed by atoms with E-state index in [0.717, 1.165) is 5.92 Å². The third-order valence-corrected chi connectivity index (χ3v) is 6.25.